The number of rotatable bonds is 12. The highest BCUT2D eigenvalue weighted by atomic mass is 16.4. The maximum atomic E-state index is 13.4. The van der Waals surface area contributed by atoms with E-state index in [0.717, 1.165) is 5.56 Å². The lowest BCUT2D eigenvalue weighted by atomic mass is 9.96. The number of carbonyl (C=O) groups excluding carboxylic acids is 3. The smallest absolute Gasteiger partial charge is 0.326 e. The highest BCUT2D eigenvalue weighted by Gasteiger charge is 2.40. The number of benzene rings is 1. The van der Waals surface area contributed by atoms with Gasteiger partial charge in [-0.3, -0.25) is 19.2 Å². The number of hydrogen-bond donors (Lipinski definition) is 5. The van der Waals surface area contributed by atoms with Crippen molar-refractivity contribution in [3.63, 3.8) is 0 Å². The first-order valence-electron chi connectivity index (χ1n) is 11.8. The largest absolute Gasteiger partial charge is 0.481 e. The zero-order valence-electron chi connectivity index (χ0n) is 20.1. The van der Waals surface area contributed by atoms with E-state index >= 15 is 0 Å². The van der Waals surface area contributed by atoms with Gasteiger partial charge in [-0.15, -0.1) is 0 Å². The Morgan fingerprint density at radius 2 is 1.77 bits per heavy atom. The van der Waals surface area contributed by atoms with Gasteiger partial charge in [-0.1, -0.05) is 50.6 Å². The van der Waals surface area contributed by atoms with Crippen molar-refractivity contribution in [2.45, 2.75) is 70.1 Å². The van der Waals surface area contributed by atoms with E-state index in [1.807, 2.05) is 13.0 Å². The van der Waals surface area contributed by atoms with Crippen LogP contribution in [-0.2, 0) is 30.4 Å². The minimum atomic E-state index is -1.18. The van der Waals surface area contributed by atoms with Gasteiger partial charge >= 0.3 is 11.9 Å². The molecule has 0 unspecified atom stereocenters. The van der Waals surface area contributed by atoms with Gasteiger partial charge in [0.2, 0.25) is 11.8 Å². The third-order valence-corrected chi connectivity index (χ3v) is 6.30. The number of carboxylic acids is 2. The zero-order valence-corrected chi connectivity index (χ0v) is 20.1. The maximum absolute atomic E-state index is 13.4. The van der Waals surface area contributed by atoms with Gasteiger partial charge in [-0.25, -0.2) is 4.79 Å². The standard InChI is InChI=1S/C24H34N4O7/c1-3-14(2)20(27-21(31)16(25)13-19(29)30)23(33)28-11-7-10-18(28)22(32)26-17(24(34)35)12-15-8-5-4-6-9-15/h4-6,8-9,14,16-18,20H,3,7,10-13,25H2,1-2H3,(H,26,32)(H,27,31)(H,29,30)(H,34,35)/p+1/t14-,16-,17-,18-,20-/m0/s1. The molecule has 5 atom stereocenters. The molecule has 1 aliphatic heterocycles. The van der Waals surface area contributed by atoms with Gasteiger partial charge in [-0.05, 0) is 24.3 Å². The first-order chi connectivity index (χ1) is 16.5. The normalized spacial score (nSPS) is 18.7. The van der Waals surface area contributed by atoms with Crippen LogP contribution < -0.4 is 16.4 Å². The van der Waals surface area contributed by atoms with Gasteiger partial charge in [0.1, 0.15) is 24.5 Å². The van der Waals surface area contributed by atoms with Crippen LogP contribution in [0.1, 0.15) is 45.1 Å². The van der Waals surface area contributed by atoms with Gasteiger partial charge in [0.05, 0.1) is 0 Å². The highest BCUT2D eigenvalue weighted by molar-refractivity contribution is 5.95. The maximum Gasteiger partial charge on any atom is 0.326 e. The molecule has 0 aromatic heterocycles. The topological polar surface area (TPSA) is 181 Å². The molecule has 1 heterocycles. The average Bonchev–Trinajstić information content (AvgIpc) is 3.31. The van der Waals surface area contributed by atoms with Gasteiger partial charge in [0.15, 0.2) is 6.04 Å². The van der Waals surface area contributed by atoms with E-state index in [2.05, 4.69) is 16.4 Å². The van der Waals surface area contributed by atoms with Crippen molar-refractivity contribution in [1.82, 2.24) is 15.5 Å². The Balaban J connectivity index is 2.14. The molecular formula is C24H35N4O7+. The molecule has 192 valence electrons. The van der Waals surface area contributed by atoms with E-state index in [9.17, 15) is 29.1 Å². The molecule has 3 amide bonds. The monoisotopic (exact) mass is 491 g/mol. The second kappa shape index (κ2) is 12.8. The van der Waals surface area contributed by atoms with Crippen molar-refractivity contribution in [2.24, 2.45) is 5.92 Å². The molecule has 0 bridgehead atoms. The van der Waals surface area contributed by atoms with Crippen molar-refractivity contribution in [3.05, 3.63) is 35.9 Å². The number of carbonyl (C=O) groups is 5. The van der Waals surface area contributed by atoms with E-state index in [-0.39, 0.29) is 12.3 Å². The number of carboxylic acid groups (broad SMARTS) is 2. The number of likely N-dealkylation sites (tertiary alicyclic amines) is 1. The summed E-state index contributed by atoms with van der Waals surface area (Å²) in [5, 5.41) is 23.7. The number of hydrogen-bond acceptors (Lipinski definition) is 5. The molecule has 1 aliphatic rings. The summed E-state index contributed by atoms with van der Waals surface area (Å²) < 4.78 is 0. The molecule has 0 radical (unpaired) electrons. The zero-order chi connectivity index (χ0) is 26.1. The van der Waals surface area contributed by atoms with Crippen molar-refractivity contribution < 1.29 is 39.9 Å². The van der Waals surface area contributed by atoms with Gasteiger partial charge < -0.3 is 31.5 Å². The third-order valence-electron chi connectivity index (χ3n) is 6.30. The lowest BCUT2D eigenvalue weighted by Crippen LogP contribution is -2.70. The summed E-state index contributed by atoms with van der Waals surface area (Å²) in [6, 6.07) is 4.86. The predicted octanol–water partition coefficient (Wildman–Crippen LogP) is -0.594. The number of amides is 3. The van der Waals surface area contributed by atoms with Crippen molar-refractivity contribution in [1.29, 1.82) is 0 Å². The molecule has 1 saturated heterocycles. The Morgan fingerprint density at radius 3 is 2.34 bits per heavy atom. The number of quaternary nitrogens is 1. The summed E-state index contributed by atoms with van der Waals surface area (Å²) in [6.45, 7) is 3.92. The lowest BCUT2D eigenvalue weighted by molar-refractivity contribution is -0.403. The van der Waals surface area contributed by atoms with E-state index in [1.54, 1.807) is 31.2 Å². The van der Waals surface area contributed by atoms with Gasteiger partial charge in [0, 0.05) is 13.0 Å². The molecule has 1 aromatic rings. The number of nitrogens with one attached hydrogen (secondary N) is 2. The molecule has 1 aromatic carbocycles. The summed E-state index contributed by atoms with van der Waals surface area (Å²) >= 11 is 0. The minimum absolute atomic E-state index is 0.0998. The predicted molar refractivity (Wildman–Crippen MR) is 125 cm³/mol. The summed E-state index contributed by atoms with van der Waals surface area (Å²) in [7, 11) is 0. The summed E-state index contributed by atoms with van der Waals surface area (Å²) in [4.78, 5) is 63.0. The second-order valence-corrected chi connectivity index (χ2v) is 8.95. The van der Waals surface area contributed by atoms with Crippen molar-refractivity contribution >= 4 is 29.7 Å². The fourth-order valence-electron chi connectivity index (χ4n) is 4.06. The molecular weight excluding hydrogens is 456 g/mol. The Labute approximate surface area is 204 Å². The lowest BCUT2D eigenvalue weighted by Gasteiger charge is -2.32. The van der Waals surface area contributed by atoms with Crippen molar-refractivity contribution in [3.8, 4) is 0 Å². The van der Waals surface area contributed by atoms with Gasteiger partial charge in [-0.2, -0.15) is 0 Å². The fraction of sp³-hybridized carbons (Fsp3) is 0.542. The Morgan fingerprint density at radius 1 is 1.11 bits per heavy atom. The van der Waals surface area contributed by atoms with E-state index < -0.39 is 60.2 Å². The Hall–Kier alpha value is -3.47. The third kappa shape index (κ3) is 7.78. The van der Waals surface area contributed by atoms with Crippen LogP contribution in [0.15, 0.2) is 30.3 Å². The minimum Gasteiger partial charge on any atom is -0.481 e. The molecule has 2 rings (SSSR count). The first kappa shape index (κ1) is 27.8. The molecule has 7 N–H and O–H groups in total. The average molecular weight is 492 g/mol. The van der Waals surface area contributed by atoms with Crippen LogP contribution in [-0.4, -0.2) is 75.5 Å². The Kier molecular flexibility index (Phi) is 10.2. The molecule has 0 spiro atoms. The molecule has 11 heteroatoms. The summed E-state index contributed by atoms with van der Waals surface area (Å²) in [5.41, 5.74) is 4.32. The molecule has 0 aliphatic carbocycles. The second-order valence-electron chi connectivity index (χ2n) is 8.95. The quantitative estimate of drug-likeness (QED) is 0.259. The Bertz CT molecular complexity index is 924. The van der Waals surface area contributed by atoms with E-state index in [4.69, 9.17) is 5.11 Å². The summed E-state index contributed by atoms with van der Waals surface area (Å²) in [5.74, 6) is -4.30. The van der Waals surface area contributed by atoms with E-state index in [1.165, 1.54) is 4.90 Å². The molecule has 1 fully saturated rings. The SMILES string of the molecule is CC[C@H](C)[C@H](NC(=O)[C@@H]([NH3+])CC(=O)O)C(=O)N1CCC[C@H]1C(=O)N[C@@H](Cc1ccccc1)C(=O)O. The highest BCUT2D eigenvalue weighted by Crippen LogP contribution is 2.22. The van der Waals surface area contributed by atoms with Crippen molar-refractivity contribution in [2.75, 3.05) is 6.54 Å². The fourth-order valence-corrected chi connectivity index (χ4v) is 4.06. The van der Waals surface area contributed by atoms with Crippen LogP contribution in [0.2, 0.25) is 0 Å². The number of nitrogens with zero attached hydrogens (tertiary/aromatic N) is 1. The van der Waals surface area contributed by atoms with E-state index in [0.29, 0.717) is 25.8 Å². The van der Waals surface area contributed by atoms with Crippen LogP contribution in [0.25, 0.3) is 0 Å². The molecule has 0 saturated carbocycles. The van der Waals surface area contributed by atoms with Crippen LogP contribution in [0, 0.1) is 5.92 Å². The first-order valence-corrected chi connectivity index (χ1v) is 11.8. The number of aliphatic carboxylic acids is 2. The summed E-state index contributed by atoms with van der Waals surface area (Å²) in [6.07, 6.45) is 1.11. The molecule has 35 heavy (non-hydrogen) atoms. The van der Waals surface area contributed by atoms with Crippen LogP contribution in [0.4, 0.5) is 0 Å². The van der Waals surface area contributed by atoms with Crippen LogP contribution in [0.3, 0.4) is 0 Å². The van der Waals surface area contributed by atoms with Crippen LogP contribution >= 0.6 is 0 Å². The van der Waals surface area contributed by atoms with Crippen LogP contribution in [0.5, 0.6) is 0 Å². The molecule has 11 nitrogen and oxygen atoms in total. The van der Waals surface area contributed by atoms with Gasteiger partial charge in [0.25, 0.3) is 5.91 Å².